The largest absolute Gasteiger partial charge is 0.314 e. The van der Waals surface area contributed by atoms with Crippen molar-refractivity contribution in [1.29, 1.82) is 0 Å². The Bertz CT molecular complexity index is 584. The number of carbonyl (C=O) groups excluding carboxylic acids is 1. The van der Waals surface area contributed by atoms with E-state index in [1.54, 1.807) is 6.07 Å². The van der Waals surface area contributed by atoms with Crippen molar-refractivity contribution in [3.63, 3.8) is 0 Å². The Morgan fingerprint density at radius 2 is 2.29 bits per heavy atom. The number of aliphatic imine (C=N–C) groups is 1. The molecule has 1 heterocycles. The summed E-state index contributed by atoms with van der Waals surface area (Å²) in [5, 5.41) is 10.7. The maximum Gasteiger partial charge on any atom is 0.314 e. The topological polar surface area (TPSA) is 85.5 Å². The maximum absolute atomic E-state index is 10.7. The fraction of sp³-hybridized carbons (Fsp3) is 0.0909. The fourth-order valence-electron chi connectivity index (χ4n) is 1.53. The summed E-state index contributed by atoms with van der Waals surface area (Å²) in [6, 6.07) is 2.83. The van der Waals surface area contributed by atoms with Gasteiger partial charge in [0, 0.05) is 6.07 Å². The van der Waals surface area contributed by atoms with Crippen LogP contribution in [0.1, 0.15) is 12.1 Å². The average molecular weight is 229 g/mol. The van der Waals surface area contributed by atoms with Gasteiger partial charge in [-0.1, -0.05) is 18.2 Å². The smallest absolute Gasteiger partial charge is 0.258 e. The third-order valence-corrected chi connectivity index (χ3v) is 2.30. The van der Waals surface area contributed by atoms with Crippen molar-refractivity contribution >= 4 is 23.2 Å². The van der Waals surface area contributed by atoms with Gasteiger partial charge in [-0.2, -0.15) is 0 Å². The molecule has 0 radical (unpaired) electrons. The van der Waals surface area contributed by atoms with E-state index in [0.717, 1.165) is 12.0 Å². The van der Waals surface area contributed by atoms with Gasteiger partial charge in [-0.3, -0.25) is 10.1 Å². The number of hydrogen-bond acceptors (Lipinski definition) is 5. The van der Waals surface area contributed by atoms with Gasteiger partial charge in [0.15, 0.2) is 0 Å². The minimum Gasteiger partial charge on any atom is -0.258 e. The van der Waals surface area contributed by atoms with E-state index in [0.29, 0.717) is 5.69 Å². The molecule has 0 aromatic carbocycles. The van der Waals surface area contributed by atoms with Gasteiger partial charge in [0.1, 0.15) is 0 Å². The lowest BCUT2D eigenvalue weighted by Crippen LogP contribution is -1.94. The molecule has 6 nitrogen and oxygen atoms in total. The molecule has 0 N–H and O–H groups in total. The molecule has 17 heavy (non-hydrogen) atoms. The van der Waals surface area contributed by atoms with Crippen LogP contribution in [0, 0.1) is 10.1 Å². The molecule has 1 aliphatic rings. The lowest BCUT2D eigenvalue weighted by atomic mass is 10.1. The van der Waals surface area contributed by atoms with E-state index in [1.807, 2.05) is 18.2 Å². The van der Waals surface area contributed by atoms with E-state index in [1.165, 1.54) is 12.1 Å². The molecule has 0 unspecified atom stereocenters. The van der Waals surface area contributed by atoms with Gasteiger partial charge in [-0.25, -0.2) is 9.78 Å². The summed E-state index contributed by atoms with van der Waals surface area (Å²) >= 11 is 0. The van der Waals surface area contributed by atoms with Crippen molar-refractivity contribution in [2.24, 2.45) is 4.99 Å². The number of nitrogens with zero attached hydrogens (tertiary/aromatic N) is 3. The highest BCUT2D eigenvalue weighted by molar-refractivity contribution is 5.71. The molecule has 1 aromatic rings. The highest BCUT2D eigenvalue weighted by atomic mass is 16.6. The fourth-order valence-corrected chi connectivity index (χ4v) is 1.53. The van der Waals surface area contributed by atoms with E-state index in [-0.39, 0.29) is 11.5 Å². The molecular formula is C11H7N3O3. The minimum atomic E-state index is -0.631. The van der Waals surface area contributed by atoms with Crippen LogP contribution in [0.2, 0.25) is 0 Å². The Hall–Kier alpha value is -2.59. The quantitative estimate of drug-likeness (QED) is 0.344. The number of allylic oxidation sites excluding steroid dienone is 4. The van der Waals surface area contributed by atoms with E-state index in [9.17, 15) is 14.9 Å². The van der Waals surface area contributed by atoms with Gasteiger partial charge >= 0.3 is 5.69 Å². The molecule has 2 rings (SSSR count). The van der Waals surface area contributed by atoms with Gasteiger partial charge in [-0.05, 0) is 18.1 Å². The van der Waals surface area contributed by atoms with Crippen molar-refractivity contribution < 1.29 is 9.72 Å². The monoisotopic (exact) mass is 229 g/mol. The molecule has 0 saturated carbocycles. The first-order chi connectivity index (χ1) is 8.22. The Morgan fingerprint density at radius 3 is 2.88 bits per heavy atom. The summed E-state index contributed by atoms with van der Waals surface area (Å²) in [6.07, 6.45) is 7.67. The van der Waals surface area contributed by atoms with Crippen LogP contribution in [0.5, 0.6) is 0 Å². The number of aromatic nitrogens is 1. The van der Waals surface area contributed by atoms with Gasteiger partial charge in [0.25, 0.3) is 0 Å². The zero-order chi connectivity index (χ0) is 12.3. The average Bonchev–Trinajstić information content (AvgIpc) is 2.82. The molecule has 0 atom stereocenters. The summed E-state index contributed by atoms with van der Waals surface area (Å²) in [4.78, 5) is 27.5. The van der Waals surface area contributed by atoms with Crippen LogP contribution in [0.15, 0.2) is 35.4 Å². The molecule has 1 aromatic heterocycles. The normalized spacial score (nSPS) is 13.1. The lowest BCUT2D eigenvalue weighted by molar-refractivity contribution is -0.384. The van der Waals surface area contributed by atoms with Crippen molar-refractivity contribution in [2.75, 3.05) is 0 Å². The SMILES string of the molecule is O=C=Nc1nc(C2=CC=CC2)ccc1[N+](=O)[O-]. The first kappa shape index (κ1) is 10.9. The standard InChI is InChI=1S/C11H7N3O3/c15-7-12-11-10(14(16)17)6-5-9(13-11)8-3-1-2-4-8/h1-3,5-6H,4H2. The molecular weight excluding hydrogens is 222 g/mol. The molecule has 84 valence electrons. The van der Waals surface area contributed by atoms with Crippen LogP contribution in [-0.4, -0.2) is 16.0 Å². The van der Waals surface area contributed by atoms with Gasteiger partial charge in [0.05, 0.1) is 10.6 Å². The van der Waals surface area contributed by atoms with Crippen molar-refractivity contribution in [1.82, 2.24) is 4.98 Å². The van der Waals surface area contributed by atoms with Gasteiger partial charge in [0.2, 0.25) is 11.9 Å². The summed E-state index contributed by atoms with van der Waals surface area (Å²) in [6.45, 7) is 0. The Morgan fingerprint density at radius 1 is 1.47 bits per heavy atom. The predicted molar refractivity (Wildman–Crippen MR) is 60.4 cm³/mol. The van der Waals surface area contributed by atoms with Gasteiger partial charge < -0.3 is 0 Å². The number of hydrogen-bond donors (Lipinski definition) is 0. The number of nitro groups is 1. The van der Waals surface area contributed by atoms with Crippen LogP contribution >= 0.6 is 0 Å². The van der Waals surface area contributed by atoms with E-state index < -0.39 is 4.92 Å². The Balaban J connectivity index is 2.49. The second-order valence-corrected chi connectivity index (χ2v) is 3.32. The highest BCUT2D eigenvalue weighted by Crippen LogP contribution is 2.29. The van der Waals surface area contributed by atoms with E-state index in [2.05, 4.69) is 9.98 Å². The van der Waals surface area contributed by atoms with E-state index >= 15 is 0 Å². The van der Waals surface area contributed by atoms with Crippen molar-refractivity contribution in [2.45, 2.75) is 6.42 Å². The van der Waals surface area contributed by atoms with Crippen LogP contribution in [0.3, 0.4) is 0 Å². The zero-order valence-corrected chi connectivity index (χ0v) is 8.66. The molecule has 0 bridgehead atoms. The zero-order valence-electron chi connectivity index (χ0n) is 8.66. The second kappa shape index (κ2) is 4.51. The van der Waals surface area contributed by atoms with Crippen LogP contribution in [-0.2, 0) is 4.79 Å². The molecule has 0 amide bonds. The predicted octanol–water partition coefficient (Wildman–Crippen LogP) is 2.30. The maximum atomic E-state index is 10.7. The lowest BCUT2D eigenvalue weighted by Gasteiger charge is -2.02. The second-order valence-electron chi connectivity index (χ2n) is 3.32. The van der Waals surface area contributed by atoms with Crippen LogP contribution in [0.25, 0.3) is 5.57 Å². The summed E-state index contributed by atoms with van der Waals surface area (Å²) in [7, 11) is 0. The summed E-state index contributed by atoms with van der Waals surface area (Å²) in [5.74, 6) is -0.213. The molecule has 0 fully saturated rings. The van der Waals surface area contributed by atoms with Crippen LogP contribution in [0.4, 0.5) is 11.5 Å². The van der Waals surface area contributed by atoms with Gasteiger partial charge in [-0.15, -0.1) is 4.99 Å². The van der Waals surface area contributed by atoms with Crippen molar-refractivity contribution in [3.8, 4) is 0 Å². The Kier molecular flexibility index (Phi) is 2.89. The first-order valence-electron chi connectivity index (χ1n) is 4.82. The molecule has 6 heteroatoms. The number of isocyanates is 1. The minimum absolute atomic E-state index is 0.213. The summed E-state index contributed by atoms with van der Waals surface area (Å²) in [5.41, 5.74) is 1.21. The number of rotatable bonds is 3. The third-order valence-electron chi connectivity index (χ3n) is 2.30. The van der Waals surface area contributed by atoms with Crippen LogP contribution < -0.4 is 0 Å². The Labute approximate surface area is 96.2 Å². The molecule has 0 spiro atoms. The van der Waals surface area contributed by atoms with Crippen molar-refractivity contribution in [3.05, 3.63) is 46.2 Å². The molecule has 0 aliphatic heterocycles. The molecule has 1 aliphatic carbocycles. The molecule has 0 saturated heterocycles. The number of pyridine rings is 1. The summed E-state index contributed by atoms with van der Waals surface area (Å²) < 4.78 is 0. The first-order valence-corrected chi connectivity index (χ1v) is 4.82. The van der Waals surface area contributed by atoms with E-state index in [4.69, 9.17) is 0 Å². The third kappa shape index (κ3) is 2.16. The highest BCUT2D eigenvalue weighted by Gasteiger charge is 2.17.